The number of likely N-dealkylation sites (N-methyl/N-ethyl adjacent to an activating group) is 1. The zero-order chi connectivity index (χ0) is 20.6. The number of carbonyl (C=O) groups is 1. The normalized spacial score (nSPS) is 31.6. The second kappa shape index (κ2) is 8.27. The van der Waals surface area contributed by atoms with Crippen LogP contribution in [0.15, 0.2) is 24.3 Å². The molecule has 160 valence electrons. The third kappa shape index (κ3) is 4.17. The molecule has 4 rings (SSSR count). The van der Waals surface area contributed by atoms with E-state index in [4.69, 9.17) is 0 Å². The number of amides is 1. The van der Waals surface area contributed by atoms with Gasteiger partial charge in [0, 0.05) is 24.8 Å². The standard InChI is InChI=1S/C24H37N3O2/c1-17-7-9-20(10-8-17)25-24(11-5-4-6-12-24)23(29)27-15-18-13-21(26(2)3)22(28)14-19(18)16-27/h7-10,18-19,21-22,25,28H,4-6,11-16H2,1-3H3/t18-,19+,21-,22-/m1/s1. The number of rotatable bonds is 4. The summed E-state index contributed by atoms with van der Waals surface area (Å²) in [7, 11) is 4.10. The summed E-state index contributed by atoms with van der Waals surface area (Å²) in [5.74, 6) is 1.22. The molecule has 2 aliphatic carbocycles. The van der Waals surface area contributed by atoms with E-state index in [1.807, 2.05) is 0 Å². The van der Waals surface area contributed by atoms with Crippen LogP contribution in [-0.4, -0.2) is 65.7 Å². The van der Waals surface area contributed by atoms with Crippen LogP contribution in [0.4, 0.5) is 5.69 Å². The van der Waals surface area contributed by atoms with E-state index >= 15 is 0 Å². The molecule has 0 unspecified atom stereocenters. The van der Waals surface area contributed by atoms with Gasteiger partial charge in [0.1, 0.15) is 5.54 Å². The van der Waals surface area contributed by atoms with Gasteiger partial charge in [0.15, 0.2) is 0 Å². The molecule has 1 amide bonds. The average molecular weight is 400 g/mol. The highest BCUT2D eigenvalue weighted by Crippen LogP contribution is 2.41. The maximum absolute atomic E-state index is 13.8. The van der Waals surface area contributed by atoms with E-state index in [1.165, 1.54) is 12.0 Å². The first-order valence-electron chi connectivity index (χ1n) is 11.4. The summed E-state index contributed by atoms with van der Waals surface area (Å²) in [5, 5.41) is 14.2. The molecule has 1 aromatic carbocycles. The van der Waals surface area contributed by atoms with Gasteiger partial charge in [0.2, 0.25) is 5.91 Å². The molecule has 1 aliphatic heterocycles. The number of hydrogen-bond donors (Lipinski definition) is 2. The molecule has 4 atom stereocenters. The predicted octanol–water partition coefficient (Wildman–Crippen LogP) is 3.27. The summed E-state index contributed by atoms with van der Waals surface area (Å²) < 4.78 is 0. The lowest BCUT2D eigenvalue weighted by molar-refractivity contribution is -0.136. The van der Waals surface area contributed by atoms with Crippen LogP contribution < -0.4 is 5.32 Å². The Morgan fingerprint density at radius 2 is 1.69 bits per heavy atom. The van der Waals surface area contributed by atoms with Crippen molar-refractivity contribution in [3.05, 3.63) is 29.8 Å². The lowest BCUT2D eigenvalue weighted by atomic mass is 9.77. The highest BCUT2D eigenvalue weighted by atomic mass is 16.3. The van der Waals surface area contributed by atoms with Crippen LogP contribution in [-0.2, 0) is 4.79 Å². The molecule has 1 aromatic rings. The zero-order valence-corrected chi connectivity index (χ0v) is 18.2. The number of likely N-dealkylation sites (tertiary alicyclic amines) is 1. The lowest BCUT2D eigenvalue weighted by Crippen LogP contribution is -2.54. The molecule has 1 saturated heterocycles. The minimum atomic E-state index is -0.472. The second-order valence-electron chi connectivity index (χ2n) is 9.93. The van der Waals surface area contributed by atoms with E-state index < -0.39 is 5.54 Å². The van der Waals surface area contributed by atoms with Crippen LogP contribution in [0, 0.1) is 18.8 Å². The van der Waals surface area contributed by atoms with Crippen molar-refractivity contribution in [3.63, 3.8) is 0 Å². The SMILES string of the molecule is Cc1ccc(NC2(C(=O)N3C[C@H]4C[C@@H](N(C)C)[C@H](O)C[C@H]4C3)CCCCC2)cc1. The Balaban J connectivity index is 1.50. The molecule has 3 fully saturated rings. The molecule has 5 heteroatoms. The Morgan fingerprint density at radius 1 is 1.07 bits per heavy atom. The number of nitrogens with zero attached hydrogens (tertiary/aromatic N) is 2. The average Bonchev–Trinajstić information content (AvgIpc) is 3.11. The number of aryl methyl sites for hydroxylation is 1. The summed E-state index contributed by atoms with van der Waals surface area (Å²) in [6.07, 6.45) is 6.77. The molecule has 0 spiro atoms. The van der Waals surface area contributed by atoms with E-state index in [2.05, 4.69) is 60.4 Å². The van der Waals surface area contributed by atoms with Gasteiger partial charge in [-0.3, -0.25) is 4.79 Å². The molecule has 0 aromatic heterocycles. The largest absolute Gasteiger partial charge is 0.391 e. The van der Waals surface area contributed by atoms with Crippen molar-refractivity contribution >= 4 is 11.6 Å². The van der Waals surface area contributed by atoms with Crippen molar-refractivity contribution in [2.75, 3.05) is 32.5 Å². The molecule has 29 heavy (non-hydrogen) atoms. The molecule has 2 saturated carbocycles. The summed E-state index contributed by atoms with van der Waals surface area (Å²) in [4.78, 5) is 18.1. The Morgan fingerprint density at radius 3 is 2.31 bits per heavy atom. The Kier molecular flexibility index (Phi) is 5.90. The van der Waals surface area contributed by atoms with Gasteiger partial charge in [0.05, 0.1) is 6.10 Å². The Bertz CT molecular complexity index is 711. The van der Waals surface area contributed by atoms with E-state index in [0.717, 1.165) is 57.3 Å². The first-order chi connectivity index (χ1) is 13.9. The molecule has 3 aliphatic rings. The van der Waals surface area contributed by atoms with Crippen LogP contribution >= 0.6 is 0 Å². The van der Waals surface area contributed by atoms with Crippen molar-refractivity contribution in [1.29, 1.82) is 0 Å². The molecular weight excluding hydrogens is 362 g/mol. The van der Waals surface area contributed by atoms with Crippen LogP contribution in [0.3, 0.4) is 0 Å². The summed E-state index contributed by atoms with van der Waals surface area (Å²) in [6.45, 7) is 3.74. The number of aliphatic hydroxyl groups is 1. The van der Waals surface area contributed by atoms with Crippen molar-refractivity contribution < 1.29 is 9.90 Å². The quantitative estimate of drug-likeness (QED) is 0.816. The Hall–Kier alpha value is -1.59. The van der Waals surface area contributed by atoms with E-state index in [9.17, 15) is 9.90 Å². The minimum Gasteiger partial charge on any atom is -0.391 e. The topological polar surface area (TPSA) is 55.8 Å². The van der Waals surface area contributed by atoms with Gasteiger partial charge in [-0.25, -0.2) is 0 Å². The van der Waals surface area contributed by atoms with Gasteiger partial charge in [0.25, 0.3) is 0 Å². The first kappa shape index (κ1) is 20.7. The highest BCUT2D eigenvalue weighted by molar-refractivity contribution is 5.90. The van der Waals surface area contributed by atoms with E-state index in [-0.39, 0.29) is 18.1 Å². The van der Waals surface area contributed by atoms with E-state index in [0.29, 0.717) is 11.8 Å². The van der Waals surface area contributed by atoms with E-state index in [1.54, 1.807) is 0 Å². The third-order valence-corrected chi connectivity index (χ3v) is 7.61. The van der Waals surface area contributed by atoms with Crippen LogP contribution in [0.1, 0.15) is 50.5 Å². The van der Waals surface area contributed by atoms with Gasteiger partial charge < -0.3 is 20.2 Å². The van der Waals surface area contributed by atoms with Crippen molar-refractivity contribution in [2.45, 2.75) is 69.6 Å². The number of anilines is 1. The molecular formula is C24H37N3O2. The molecule has 1 heterocycles. The first-order valence-corrected chi connectivity index (χ1v) is 11.4. The van der Waals surface area contributed by atoms with Gasteiger partial charge in [-0.1, -0.05) is 37.0 Å². The van der Waals surface area contributed by atoms with Crippen molar-refractivity contribution in [1.82, 2.24) is 9.80 Å². The summed E-state index contributed by atoms with van der Waals surface area (Å²) in [6, 6.07) is 8.62. The number of carbonyl (C=O) groups excluding carboxylic acids is 1. The molecule has 5 nitrogen and oxygen atoms in total. The van der Waals surface area contributed by atoms with Crippen molar-refractivity contribution in [2.24, 2.45) is 11.8 Å². The maximum Gasteiger partial charge on any atom is 0.248 e. The van der Waals surface area contributed by atoms with Gasteiger partial charge in [-0.05, 0) is 70.7 Å². The minimum absolute atomic E-state index is 0.209. The van der Waals surface area contributed by atoms with Gasteiger partial charge in [-0.15, -0.1) is 0 Å². The number of fused-ring (bicyclic) bond motifs is 1. The van der Waals surface area contributed by atoms with Crippen LogP contribution in [0.2, 0.25) is 0 Å². The lowest BCUT2D eigenvalue weighted by Gasteiger charge is -2.40. The third-order valence-electron chi connectivity index (χ3n) is 7.61. The number of nitrogens with one attached hydrogen (secondary N) is 1. The van der Waals surface area contributed by atoms with Gasteiger partial charge >= 0.3 is 0 Å². The fourth-order valence-electron chi connectivity index (χ4n) is 5.89. The molecule has 2 N–H and O–H groups in total. The van der Waals surface area contributed by atoms with Crippen LogP contribution in [0.25, 0.3) is 0 Å². The smallest absolute Gasteiger partial charge is 0.248 e. The maximum atomic E-state index is 13.8. The highest BCUT2D eigenvalue weighted by Gasteiger charge is 2.48. The summed E-state index contributed by atoms with van der Waals surface area (Å²) >= 11 is 0. The fraction of sp³-hybridized carbons (Fsp3) is 0.708. The number of aliphatic hydroxyl groups excluding tert-OH is 1. The van der Waals surface area contributed by atoms with Crippen LogP contribution in [0.5, 0.6) is 0 Å². The zero-order valence-electron chi connectivity index (χ0n) is 18.2. The van der Waals surface area contributed by atoms with Gasteiger partial charge in [-0.2, -0.15) is 0 Å². The molecule has 0 radical (unpaired) electrons. The molecule has 0 bridgehead atoms. The summed E-state index contributed by atoms with van der Waals surface area (Å²) in [5.41, 5.74) is 1.81. The number of hydrogen-bond acceptors (Lipinski definition) is 4. The predicted molar refractivity (Wildman–Crippen MR) is 117 cm³/mol. The monoisotopic (exact) mass is 399 g/mol. The second-order valence-corrected chi connectivity index (χ2v) is 9.93. The number of benzene rings is 1. The van der Waals surface area contributed by atoms with Crippen molar-refractivity contribution in [3.8, 4) is 0 Å². The Labute approximate surface area is 175 Å². The fourth-order valence-corrected chi connectivity index (χ4v) is 5.89.